The third-order valence-corrected chi connectivity index (χ3v) is 6.84. The van der Waals surface area contributed by atoms with Crippen LogP contribution in [0, 0.1) is 11.8 Å². The van der Waals surface area contributed by atoms with Crippen LogP contribution in [0.2, 0.25) is 10.0 Å². The van der Waals surface area contributed by atoms with Crippen LogP contribution in [0.15, 0.2) is 30.6 Å². The summed E-state index contributed by atoms with van der Waals surface area (Å²) in [6.07, 6.45) is 6.09. The summed E-state index contributed by atoms with van der Waals surface area (Å²) in [5, 5.41) is 13.9. The van der Waals surface area contributed by atoms with E-state index in [-0.39, 0.29) is 12.6 Å². The molecule has 0 bridgehead atoms. The molecule has 2 saturated heterocycles. The largest absolute Gasteiger partial charge is 0.395 e. The standard InChI is InChI=1S/C22H29Cl2N5O/c1-15(19-5-4-18(23)9-20(19)24)26-21-10-25-11-22(27-21)29-13-17(14-29)16-3-2-6-28(12-16)7-8-30/h4-5,9-11,15-17,30H,2-3,6-8,12-14H2,1H3,(H,26,27)/t15?,16-/m0/s1. The first-order chi connectivity index (χ1) is 14.5. The molecular formula is C22H29Cl2N5O. The number of hydrogen-bond acceptors (Lipinski definition) is 6. The number of anilines is 2. The lowest BCUT2D eigenvalue weighted by molar-refractivity contribution is 0.101. The number of aliphatic hydroxyl groups excluding tert-OH is 1. The minimum absolute atomic E-state index is 0.0109. The van der Waals surface area contributed by atoms with Gasteiger partial charge in [0.1, 0.15) is 11.6 Å². The zero-order chi connectivity index (χ0) is 21.1. The van der Waals surface area contributed by atoms with E-state index in [1.54, 1.807) is 12.3 Å². The second kappa shape index (κ2) is 9.69. The summed E-state index contributed by atoms with van der Waals surface area (Å²) in [5.74, 6) is 3.05. The predicted molar refractivity (Wildman–Crippen MR) is 122 cm³/mol. The van der Waals surface area contributed by atoms with Crippen LogP contribution in [0.25, 0.3) is 0 Å². The maximum atomic E-state index is 9.21. The van der Waals surface area contributed by atoms with E-state index < -0.39 is 0 Å². The van der Waals surface area contributed by atoms with Gasteiger partial charge < -0.3 is 20.2 Å². The Labute approximate surface area is 188 Å². The van der Waals surface area contributed by atoms with Crippen LogP contribution >= 0.6 is 23.2 Å². The average molecular weight is 450 g/mol. The molecule has 2 aromatic rings. The van der Waals surface area contributed by atoms with Crippen LogP contribution in [0.5, 0.6) is 0 Å². The van der Waals surface area contributed by atoms with Crippen LogP contribution in [-0.4, -0.2) is 59.3 Å². The maximum absolute atomic E-state index is 9.21. The van der Waals surface area contributed by atoms with Crippen molar-refractivity contribution in [2.24, 2.45) is 11.8 Å². The van der Waals surface area contributed by atoms with Crippen LogP contribution in [0.3, 0.4) is 0 Å². The van der Waals surface area contributed by atoms with Crippen molar-refractivity contribution in [3.63, 3.8) is 0 Å². The first-order valence-electron chi connectivity index (χ1n) is 10.6. The molecule has 1 aromatic heterocycles. The number of nitrogens with one attached hydrogen (secondary N) is 1. The number of aliphatic hydroxyl groups is 1. The molecule has 2 fully saturated rings. The van der Waals surface area contributed by atoms with E-state index in [0.29, 0.717) is 21.9 Å². The Balaban J connectivity index is 1.34. The summed E-state index contributed by atoms with van der Waals surface area (Å²) >= 11 is 12.3. The molecule has 0 radical (unpaired) electrons. The second-order valence-corrected chi connectivity index (χ2v) is 9.23. The minimum atomic E-state index is -0.0109. The molecule has 8 heteroatoms. The smallest absolute Gasteiger partial charge is 0.149 e. The van der Waals surface area contributed by atoms with Crippen molar-refractivity contribution in [3.8, 4) is 0 Å². The quantitative estimate of drug-likeness (QED) is 0.663. The molecule has 1 unspecified atom stereocenters. The van der Waals surface area contributed by atoms with Gasteiger partial charge in [0.05, 0.1) is 25.0 Å². The molecule has 2 N–H and O–H groups in total. The van der Waals surface area contributed by atoms with E-state index >= 15 is 0 Å². The Morgan fingerprint density at radius 3 is 2.80 bits per heavy atom. The molecular weight excluding hydrogens is 421 g/mol. The van der Waals surface area contributed by atoms with Gasteiger partial charge in [0.2, 0.25) is 0 Å². The molecule has 4 rings (SSSR count). The fraction of sp³-hybridized carbons (Fsp3) is 0.545. The molecule has 1 aromatic carbocycles. The van der Waals surface area contributed by atoms with Crippen LogP contribution < -0.4 is 10.2 Å². The minimum Gasteiger partial charge on any atom is -0.395 e. The summed E-state index contributed by atoms with van der Waals surface area (Å²) in [7, 11) is 0. The number of piperidine rings is 1. The Bertz CT molecular complexity index is 859. The summed E-state index contributed by atoms with van der Waals surface area (Å²) < 4.78 is 0. The third kappa shape index (κ3) is 4.99. The van der Waals surface area contributed by atoms with Gasteiger partial charge in [-0.3, -0.25) is 4.98 Å². The van der Waals surface area contributed by atoms with Gasteiger partial charge in [-0.1, -0.05) is 29.3 Å². The van der Waals surface area contributed by atoms with Crippen molar-refractivity contribution >= 4 is 34.8 Å². The first kappa shape index (κ1) is 21.6. The number of halogens is 2. The lowest BCUT2D eigenvalue weighted by atomic mass is 9.80. The molecule has 0 spiro atoms. The normalized spacial score (nSPS) is 21.3. The molecule has 30 heavy (non-hydrogen) atoms. The van der Waals surface area contributed by atoms with Crippen molar-refractivity contribution in [1.29, 1.82) is 0 Å². The fourth-order valence-electron chi connectivity index (χ4n) is 4.55. The zero-order valence-corrected chi connectivity index (χ0v) is 18.8. The summed E-state index contributed by atoms with van der Waals surface area (Å²) in [6, 6.07) is 5.52. The lowest BCUT2D eigenvalue weighted by Crippen LogP contribution is -2.54. The van der Waals surface area contributed by atoms with Gasteiger partial charge in [-0.2, -0.15) is 0 Å². The Morgan fingerprint density at radius 2 is 2.03 bits per heavy atom. The molecule has 162 valence electrons. The van der Waals surface area contributed by atoms with Gasteiger partial charge in [0.25, 0.3) is 0 Å². The second-order valence-electron chi connectivity index (χ2n) is 8.39. The van der Waals surface area contributed by atoms with E-state index in [2.05, 4.69) is 20.1 Å². The predicted octanol–water partition coefficient (Wildman–Crippen LogP) is 4.10. The van der Waals surface area contributed by atoms with E-state index in [9.17, 15) is 5.11 Å². The number of likely N-dealkylation sites (tertiary alicyclic amines) is 1. The third-order valence-electron chi connectivity index (χ3n) is 6.27. The topological polar surface area (TPSA) is 64.5 Å². The van der Waals surface area contributed by atoms with E-state index in [1.807, 2.05) is 25.3 Å². The van der Waals surface area contributed by atoms with Gasteiger partial charge in [-0.15, -0.1) is 0 Å². The monoisotopic (exact) mass is 449 g/mol. The van der Waals surface area contributed by atoms with Crippen molar-refractivity contribution in [3.05, 3.63) is 46.2 Å². The summed E-state index contributed by atoms with van der Waals surface area (Å²) in [5.41, 5.74) is 0.974. The van der Waals surface area contributed by atoms with Crippen molar-refractivity contribution in [1.82, 2.24) is 14.9 Å². The molecule has 6 nitrogen and oxygen atoms in total. The van der Waals surface area contributed by atoms with E-state index in [4.69, 9.17) is 28.2 Å². The van der Waals surface area contributed by atoms with Gasteiger partial charge in [0, 0.05) is 36.2 Å². The van der Waals surface area contributed by atoms with Crippen LogP contribution in [0.4, 0.5) is 11.6 Å². The molecule has 2 aliphatic rings. The molecule has 2 atom stereocenters. The SMILES string of the molecule is CC(Nc1cncc(N2CC([C@H]3CCCN(CCO)C3)C2)n1)c1ccc(Cl)cc1Cl. The van der Waals surface area contributed by atoms with Crippen molar-refractivity contribution in [2.45, 2.75) is 25.8 Å². The number of rotatable bonds is 7. The lowest BCUT2D eigenvalue weighted by Gasteiger charge is -2.47. The fourth-order valence-corrected chi connectivity index (χ4v) is 5.12. The highest BCUT2D eigenvalue weighted by Gasteiger charge is 2.36. The molecule has 0 saturated carbocycles. The number of nitrogens with zero attached hydrogens (tertiary/aromatic N) is 4. The van der Waals surface area contributed by atoms with Crippen molar-refractivity contribution in [2.75, 3.05) is 49.5 Å². The average Bonchev–Trinajstić information content (AvgIpc) is 2.68. The molecule has 2 aliphatic heterocycles. The summed E-state index contributed by atoms with van der Waals surface area (Å²) in [6.45, 7) is 7.35. The molecule has 0 aliphatic carbocycles. The summed E-state index contributed by atoms with van der Waals surface area (Å²) in [4.78, 5) is 13.9. The Morgan fingerprint density at radius 1 is 1.20 bits per heavy atom. The highest BCUT2D eigenvalue weighted by molar-refractivity contribution is 6.35. The molecule has 0 amide bonds. The van der Waals surface area contributed by atoms with Crippen molar-refractivity contribution < 1.29 is 5.11 Å². The van der Waals surface area contributed by atoms with Crippen LogP contribution in [-0.2, 0) is 0 Å². The van der Waals surface area contributed by atoms with Gasteiger partial charge in [0.15, 0.2) is 0 Å². The zero-order valence-electron chi connectivity index (χ0n) is 17.3. The van der Waals surface area contributed by atoms with Crippen LogP contribution in [0.1, 0.15) is 31.4 Å². The highest BCUT2D eigenvalue weighted by atomic mass is 35.5. The first-order valence-corrected chi connectivity index (χ1v) is 11.4. The molecule has 3 heterocycles. The highest BCUT2D eigenvalue weighted by Crippen LogP contribution is 2.34. The number of benzene rings is 1. The Hall–Kier alpha value is -1.60. The van der Waals surface area contributed by atoms with Gasteiger partial charge in [-0.25, -0.2) is 4.98 Å². The number of aromatic nitrogens is 2. The Kier molecular flexibility index (Phi) is 6.98. The maximum Gasteiger partial charge on any atom is 0.149 e. The van der Waals surface area contributed by atoms with E-state index in [0.717, 1.165) is 49.9 Å². The van der Waals surface area contributed by atoms with E-state index in [1.165, 1.54) is 12.8 Å². The number of β-amino-alcohol motifs (C(OH)–C–C–N with tert-alkyl or cyclic N) is 1. The van der Waals surface area contributed by atoms with Gasteiger partial charge >= 0.3 is 0 Å². The number of hydrogen-bond donors (Lipinski definition) is 2. The van der Waals surface area contributed by atoms with Gasteiger partial charge in [-0.05, 0) is 55.8 Å².